The Hall–Kier alpha value is -1.26. The molecule has 0 aliphatic carbocycles. The topological polar surface area (TPSA) is 58.4 Å². The fraction of sp³-hybridized carbons (Fsp3) is 0.500. The van der Waals surface area contributed by atoms with Crippen molar-refractivity contribution in [2.75, 3.05) is 18.4 Å². The van der Waals surface area contributed by atoms with Gasteiger partial charge in [-0.05, 0) is 38.5 Å². The molecule has 19 heavy (non-hydrogen) atoms. The number of carbonyl (C=O) groups is 1. The monoisotopic (exact) mass is 281 g/mol. The molecule has 4 nitrogen and oxygen atoms in total. The molecule has 1 fully saturated rings. The van der Waals surface area contributed by atoms with Gasteiger partial charge in [0.05, 0.1) is 10.6 Å². The number of rotatable bonds is 4. The number of nitrogens with zero attached hydrogens (tertiary/aromatic N) is 1. The fourth-order valence-electron chi connectivity index (χ4n) is 2.41. The molecule has 1 amide bonds. The van der Waals surface area contributed by atoms with Crippen LogP contribution >= 0.6 is 11.6 Å². The van der Waals surface area contributed by atoms with Crippen molar-refractivity contribution in [3.63, 3.8) is 0 Å². The van der Waals surface area contributed by atoms with Crippen molar-refractivity contribution in [3.05, 3.63) is 28.8 Å². The molecule has 1 aromatic rings. The zero-order valence-corrected chi connectivity index (χ0v) is 12.1. The van der Waals surface area contributed by atoms with E-state index in [0.29, 0.717) is 22.7 Å². The number of halogens is 1. The van der Waals surface area contributed by atoms with Crippen LogP contribution in [0.2, 0.25) is 5.02 Å². The summed E-state index contributed by atoms with van der Waals surface area (Å²) in [4.78, 5) is 13.7. The molecule has 0 bridgehead atoms. The first-order chi connectivity index (χ1) is 8.97. The third-order valence-corrected chi connectivity index (χ3v) is 3.88. The number of carbonyl (C=O) groups excluding carboxylic acids is 1. The number of nitrogens with two attached hydrogens (primary N) is 1. The smallest absolute Gasteiger partial charge is 0.250 e. The Morgan fingerprint density at radius 1 is 1.53 bits per heavy atom. The van der Waals surface area contributed by atoms with E-state index in [9.17, 15) is 4.79 Å². The van der Waals surface area contributed by atoms with E-state index in [1.165, 1.54) is 0 Å². The second-order valence-electron chi connectivity index (χ2n) is 5.28. The summed E-state index contributed by atoms with van der Waals surface area (Å²) in [6.07, 6.45) is 1.10. The lowest BCUT2D eigenvalue weighted by molar-refractivity contribution is 0.100. The predicted octanol–water partition coefficient (Wildman–Crippen LogP) is 2.33. The first-order valence-corrected chi connectivity index (χ1v) is 6.95. The van der Waals surface area contributed by atoms with Crippen molar-refractivity contribution in [2.24, 2.45) is 5.73 Å². The van der Waals surface area contributed by atoms with E-state index in [2.05, 4.69) is 24.1 Å². The largest absolute Gasteiger partial charge is 0.381 e. The van der Waals surface area contributed by atoms with Gasteiger partial charge in [0.15, 0.2) is 0 Å². The van der Waals surface area contributed by atoms with Gasteiger partial charge in [0.25, 0.3) is 0 Å². The Kier molecular flexibility index (Phi) is 4.32. The number of benzene rings is 1. The van der Waals surface area contributed by atoms with E-state index >= 15 is 0 Å². The average Bonchev–Trinajstić information content (AvgIpc) is 2.80. The molecule has 2 rings (SSSR count). The normalized spacial score (nSPS) is 19.9. The number of hydrogen-bond acceptors (Lipinski definition) is 3. The van der Waals surface area contributed by atoms with Gasteiger partial charge in [-0.25, -0.2) is 0 Å². The van der Waals surface area contributed by atoms with Gasteiger partial charge in [-0.3, -0.25) is 9.69 Å². The number of amides is 1. The van der Waals surface area contributed by atoms with Crippen molar-refractivity contribution in [3.8, 4) is 0 Å². The van der Waals surface area contributed by atoms with Crippen molar-refractivity contribution < 1.29 is 4.79 Å². The van der Waals surface area contributed by atoms with Crippen LogP contribution in [0.15, 0.2) is 18.2 Å². The van der Waals surface area contributed by atoms with Gasteiger partial charge < -0.3 is 11.1 Å². The van der Waals surface area contributed by atoms with Crippen molar-refractivity contribution in [2.45, 2.75) is 32.4 Å². The van der Waals surface area contributed by atoms with Gasteiger partial charge in [0, 0.05) is 30.9 Å². The minimum atomic E-state index is -0.496. The molecule has 0 saturated carbocycles. The Morgan fingerprint density at radius 2 is 2.26 bits per heavy atom. The van der Waals surface area contributed by atoms with Crippen molar-refractivity contribution in [1.29, 1.82) is 0 Å². The maximum atomic E-state index is 11.3. The molecule has 1 aromatic carbocycles. The first kappa shape index (κ1) is 14.2. The minimum absolute atomic E-state index is 0.366. The highest BCUT2D eigenvalue weighted by atomic mass is 35.5. The van der Waals surface area contributed by atoms with Gasteiger partial charge in [-0.1, -0.05) is 11.6 Å². The maximum absolute atomic E-state index is 11.3. The molecule has 1 heterocycles. The first-order valence-electron chi connectivity index (χ1n) is 6.57. The van der Waals surface area contributed by atoms with Crippen LogP contribution in [0.3, 0.4) is 0 Å². The summed E-state index contributed by atoms with van der Waals surface area (Å²) in [6.45, 7) is 6.53. The molecular weight excluding hydrogens is 262 g/mol. The summed E-state index contributed by atoms with van der Waals surface area (Å²) < 4.78 is 0. The van der Waals surface area contributed by atoms with Gasteiger partial charge in [-0.15, -0.1) is 0 Å². The van der Waals surface area contributed by atoms with Crippen molar-refractivity contribution in [1.82, 2.24) is 4.90 Å². The van der Waals surface area contributed by atoms with Crippen LogP contribution in [0, 0.1) is 0 Å². The highest BCUT2D eigenvalue weighted by Crippen LogP contribution is 2.23. The lowest BCUT2D eigenvalue weighted by atomic mass is 10.1. The van der Waals surface area contributed by atoms with Gasteiger partial charge in [0.1, 0.15) is 0 Å². The summed E-state index contributed by atoms with van der Waals surface area (Å²) >= 11 is 5.94. The van der Waals surface area contributed by atoms with Crippen LogP contribution in [0.25, 0.3) is 0 Å². The molecule has 1 unspecified atom stereocenters. The summed E-state index contributed by atoms with van der Waals surface area (Å²) in [5.74, 6) is -0.496. The summed E-state index contributed by atoms with van der Waals surface area (Å²) in [5, 5.41) is 3.84. The van der Waals surface area contributed by atoms with Gasteiger partial charge >= 0.3 is 0 Å². The molecule has 0 spiro atoms. The molecule has 1 aliphatic heterocycles. The number of nitrogens with one attached hydrogen (secondary N) is 1. The lowest BCUT2D eigenvalue weighted by Crippen LogP contribution is -2.31. The second-order valence-corrected chi connectivity index (χ2v) is 5.68. The van der Waals surface area contributed by atoms with Gasteiger partial charge in [0.2, 0.25) is 5.91 Å². The van der Waals surface area contributed by atoms with Crippen LogP contribution in [-0.4, -0.2) is 36.0 Å². The number of anilines is 1. The van der Waals surface area contributed by atoms with E-state index in [1.807, 2.05) is 6.07 Å². The Labute approximate surface area is 118 Å². The summed E-state index contributed by atoms with van der Waals surface area (Å²) in [7, 11) is 0. The quantitative estimate of drug-likeness (QED) is 0.891. The Balaban J connectivity index is 2.04. The molecule has 3 N–H and O–H groups in total. The molecule has 0 radical (unpaired) electrons. The SMILES string of the molecule is CC(C)N1CCC(Nc2ccc(Cl)c(C(N)=O)c2)C1. The third kappa shape index (κ3) is 3.39. The fourth-order valence-corrected chi connectivity index (χ4v) is 2.62. The molecule has 104 valence electrons. The van der Waals surface area contributed by atoms with Gasteiger partial charge in [-0.2, -0.15) is 0 Å². The molecule has 1 aliphatic rings. The molecule has 1 atom stereocenters. The van der Waals surface area contributed by atoms with Crippen molar-refractivity contribution >= 4 is 23.2 Å². The van der Waals surface area contributed by atoms with Crippen LogP contribution in [0.5, 0.6) is 0 Å². The molecule has 5 heteroatoms. The van der Waals surface area contributed by atoms with E-state index in [-0.39, 0.29) is 0 Å². The van der Waals surface area contributed by atoms with E-state index in [1.54, 1.807) is 12.1 Å². The standard InChI is InChI=1S/C14H20ClN3O/c1-9(2)18-6-5-11(8-18)17-10-3-4-13(15)12(7-10)14(16)19/h3-4,7,9,11,17H,5-6,8H2,1-2H3,(H2,16,19). The highest BCUT2D eigenvalue weighted by molar-refractivity contribution is 6.33. The third-order valence-electron chi connectivity index (χ3n) is 3.55. The highest BCUT2D eigenvalue weighted by Gasteiger charge is 2.24. The molecular formula is C14H20ClN3O. The van der Waals surface area contributed by atoms with E-state index in [4.69, 9.17) is 17.3 Å². The minimum Gasteiger partial charge on any atom is -0.381 e. The zero-order chi connectivity index (χ0) is 14.0. The van der Waals surface area contributed by atoms with Crippen LogP contribution in [0.1, 0.15) is 30.6 Å². The number of likely N-dealkylation sites (tertiary alicyclic amines) is 1. The van der Waals surface area contributed by atoms with Crippen LogP contribution in [-0.2, 0) is 0 Å². The summed E-state index contributed by atoms with van der Waals surface area (Å²) in [6, 6.07) is 6.29. The average molecular weight is 282 g/mol. The van der Waals surface area contributed by atoms with Crippen LogP contribution in [0.4, 0.5) is 5.69 Å². The lowest BCUT2D eigenvalue weighted by Gasteiger charge is -2.21. The second kappa shape index (κ2) is 5.80. The van der Waals surface area contributed by atoms with E-state index < -0.39 is 5.91 Å². The van der Waals surface area contributed by atoms with E-state index in [0.717, 1.165) is 25.2 Å². The number of primary amides is 1. The zero-order valence-electron chi connectivity index (χ0n) is 11.3. The van der Waals surface area contributed by atoms with Crippen LogP contribution < -0.4 is 11.1 Å². The molecule has 0 aromatic heterocycles. The maximum Gasteiger partial charge on any atom is 0.250 e. The number of hydrogen-bond donors (Lipinski definition) is 2. The summed E-state index contributed by atoms with van der Waals surface area (Å²) in [5.41, 5.74) is 6.56. The molecule has 1 saturated heterocycles. The Morgan fingerprint density at radius 3 is 2.84 bits per heavy atom. The predicted molar refractivity (Wildman–Crippen MR) is 78.7 cm³/mol. The Bertz CT molecular complexity index is 476.